The molecule has 0 unspecified atom stereocenters. The number of anilines is 2. The number of carbonyl (C=O) groups is 3. The van der Waals surface area contributed by atoms with Gasteiger partial charge in [-0.05, 0) is 55.2 Å². The van der Waals surface area contributed by atoms with Crippen LogP contribution in [0.3, 0.4) is 0 Å². The van der Waals surface area contributed by atoms with Gasteiger partial charge in [-0.2, -0.15) is 0 Å². The number of amides is 3. The van der Waals surface area contributed by atoms with Crippen LogP contribution in [0.1, 0.15) is 37.7 Å². The molecule has 2 aliphatic rings. The fourth-order valence-electron chi connectivity index (χ4n) is 4.97. The molecular weight excluding hydrogens is 514 g/mol. The SMILES string of the molecule is Cc1nnsc1C(=O)Nc1cc(C(=O)N2CCCNCC2)ccc1N1CCN(C(=O)Cc2ccccc2)CC1. The van der Waals surface area contributed by atoms with E-state index in [4.69, 9.17) is 0 Å². The number of nitrogens with one attached hydrogen (secondary N) is 2. The lowest BCUT2D eigenvalue weighted by atomic mass is 10.1. The molecule has 2 fully saturated rings. The topological polar surface area (TPSA) is 111 Å². The molecule has 0 atom stereocenters. The lowest BCUT2D eigenvalue weighted by Gasteiger charge is -2.37. The summed E-state index contributed by atoms with van der Waals surface area (Å²) >= 11 is 1.04. The third-order valence-electron chi connectivity index (χ3n) is 7.15. The third-order valence-corrected chi connectivity index (χ3v) is 7.97. The van der Waals surface area contributed by atoms with Gasteiger partial charge >= 0.3 is 0 Å². The summed E-state index contributed by atoms with van der Waals surface area (Å²) in [6.45, 7) is 7.15. The molecule has 0 aliphatic carbocycles. The van der Waals surface area contributed by atoms with E-state index in [1.165, 1.54) is 0 Å². The predicted octanol–water partition coefficient (Wildman–Crippen LogP) is 2.43. The first-order valence-electron chi connectivity index (χ1n) is 13.3. The molecule has 204 valence electrons. The summed E-state index contributed by atoms with van der Waals surface area (Å²) in [4.78, 5) is 45.7. The highest BCUT2D eigenvalue weighted by Crippen LogP contribution is 2.30. The van der Waals surface area contributed by atoms with Gasteiger partial charge in [-0.3, -0.25) is 14.4 Å². The maximum atomic E-state index is 13.3. The highest BCUT2D eigenvalue weighted by molar-refractivity contribution is 7.08. The van der Waals surface area contributed by atoms with E-state index in [2.05, 4.69) is 25.1 Å². The Morgan fingerprint density at radius 2 is 1.74 bits per heavy atom. The van der Waals surface area contributed by atoms with E-state index in [0.29, 0.717) is 67.5 Å². The van der Waals surface area contributed by atoms with Gasteiger partial charge in [0.1, 0.15) is 4.88 Å². The summed E-state index contributed by atoms with van der Waals surface area (Å²) in [5.41, 5.74) is 3.49. The number of carbonyl (C=O) groups excluding carboxylic acids is 3. The van der Waals surface area contributed by atoms with Gasteiger partial charge < -0.3 is 25.3 Å². The zero-order valence-corrected chi connectivity index (χ0v) is 22.9. The first-order chi connectivity index (χ1) is 19.0. The zero-order valence-electron chi connectivity index (χ0n) is 22.1. The van der Waals surface area contributed by atoms with Gasteiger partial charge in [0.2, 0.25) is 5.91 Å². The van der Waals surface area contributed by atoms with Crippen molar-refractivity contribution in [3.63, 3.8) is 0 Å². The molecule has 0 saturated carbocycles. The molecule has 0 radical (unpaired) electrons. The number of piperazine rings is 1. The van der Waals surface area contributed by atoms with Crippen LogP contribution in [-0.4, -0.2) is 89.5 Å². The van der Waals surface area contributed by atoms with E-state index in [1.807, 2.05) is 52.3 Å². The molecule has 2 N–H and O–H groups in total. The van der Waals surface area contributed by atoms with Crippen LogP contribution >= 0.6 is 11.5 Å². The molecule has 0 bridgehead atoms. The molecule has 3 aromatic rings. The van der Waals surface area contributed by atoms with Crippen LogP contribution in [-0.2, 0) is 11.2 Å². The Morgan fingerprint density at radius 1 is 0.949 bits per heavy atom. The Morgan fingerprint density at radius 3 is 2.49 bits per heavy atom. The quantitative estimate of drug-likeness (QED) is 0.488. The lowest BCUT2D eigenvalue weighted by molar-refractivity contribution is -0.130. The smallest absolute Gasteiger partial charge is 0.269 e. The van der Waals surface area contributed by atoms with Crippen molar-refractivity contribution in [2.45, 2.75) is 19.8 Å². The summed E-state index contributed by atoms with van der Waals surface area (Å²) in [6, 6.07) is 15.3. The van der Waals surface area contributed by atoms with E-state index in [-0.39, 0.29) is 17.7 Å². The first kappa shape index (κ1) is 26.8. The highest BCUT2D eigenvalue weighted by atomic mass is 32.1. The summed E-state index contributed by atoms with van der Waals surface area (Å²) in [5, 5.41) is 10.3. The van der Waals surface area contributed by atoms with Crippen molar-refractivity contribution in [2.75, 3.05) is 62.6 Å². The summed E-state index contributed by atoms with van der Waals surface area (Å²) < 4.78 is 3.88. The molecule has 2 aromatic carbocycles. The molecular formula is C28H33N7O3S. The normalized spacial score (nSPS) is 16.1. The van der Waals surface area contributed by atoms with Crippen molar-refractivity contribution >= 4 is 40.6 Å². The molecule has 1 aromatic heterocycles. The number of benzene rings is 2. The van der Waals surface area contributed by atoms with Crippen LogP contribution in [0, 0.1) is 6.92 Å². The molecule has 10 nitrogen and oxygen atoms in total. The number of aryl methyl sites for hydroxylation is 1. The van der Waals surface area contributed by atoms with Crippen molar-refractivity contribution in [1.29, 1.82) is 0 Å². The Bertz CT molecular complexity index is 1310. The summed E-state index contributed by atoms with van der Waals surface area (Å²) in [7, 11) is 0. The molecule has 2 saturated heterocycles. The first-order valence-corrected chi connectivity index (χ1v) is 14.1. The van der Waals surface area contributed by atoms with Gasteiger partial charge in [0.15, 0.2) is 0 Å². The van der Waals surface area contributed by atoms with Crippen molar-refractivity contribution in [3.8, 4) is 0 Å². The summed E-state index contributed by atoms with van der Waals surface area (Å²) in [5.74, 6) is -0.243. The standard InChI is InChI=1S/C28H33N7O3S/c1-20-26(39-32-31-20)27(37)30-23-19-22(28(38)35-12-5-10-29-11-13-35)8-9-24(23)33-14-16-34(17-15-33)25(36)18-21-6-3-2-4-7-21/h2-4,6-9,19,29H,5,10-18H2,1H3,(H,30,37). The second-order valence-electron chi connectivity index (χ2n) is 9.80. The number of rotatable bonds is 6. The minimum absolute atomic E-state index is 0.0484. The highest BCUT2D eigenvalue weighted by Gasteiger charge is 2.26. The minimum Gasteiger partial charge on any atom is -0.366 e. The van der Waals surface area contributed by atoms with Gasteiger partial charge in [-0.15, -0.1) is 5.10 Å². The fraction of sp³-hybridized carbons (Fsp3) is 0.393. The summed E-state index contributed by atoms with van der Waals surface area (Å²) in [6.07, 6.45) is 1.28. The van der Waals surface area contributed by atoms with Crippen molar-refractivity contribution in [1.82, 2.24) is 24.7 Å². The van der Waals surface area contributed by atoms with Crippen LogP contribution in [0.15, 0.2) is 48.5 Å². The van der Waals surface area contributed by atoms with Gasteiger partial charge in [0.05, 0.1) is 23.5 Å². The van der Waals surface area contributed by atoms with E-state index >= 15 is 0 Å². The van der Waals surface area contributed by atoms with Crippen LogP contribution in [0.25, 0.3) is 0 Å². The molecule has 2 aliphatic heterocycles. The van der Waals surface area contributed by atoms with E-state index in [1.54, 1.807) is 13.0 Å². The molecule has 3 heterocycles. The second kappa shape index (κ2) is 12.4. The molecule has 39 heavy (non-hydrogen) atoms. The van der Waals surface area contributed by atoms with E-state index < -0.39 is 0 Å². The monoisotopic (exact) mass is 547 g/mol. The van der Waals surface area contributed by atoms with Gasteiger partial charge in [0.25, 0.3) is 11.8 Å². The zero-order chi connectivity index (χ0) is 27.2. The fourth-order valence-corrected chi connectivity index (χ4v) is 5.53. The number of hydrogen-bond acceptors (Lipinski definition) is 8. The van der Waals surface area contributed by atoms with E-state index in [9.17, 15) is 14.4 Å². The average Bonchev–Trinajstić information content (AvgIpc) is 3.21. The lowest BCUT2D eigenvalue weighted by Crippen LogP contribution is -2.49. The van der Waals surface area contributed by atoms with Gasteiger partial charge in [0, 0.05) is 51.4 Å². The number of aromatic nitrogens is 2. The van der Waals surface area contributed by atoms with Gasteiger partial charge in [-0.25, -0.2) is 0 Å². The molecule has 5 rings (SSSR count). The predicted molar refractivity (Wildman–Crippen MR) is 151 cm³/mol. The van der Waals surface area contributed by atoms with Gasteiger partial charge in [-0.1, -0.05) is 34.8 Å². The molecule has 11 heteroatoms. The minimum atomic E-state index is -0.302. The Hall–Kier alpha value is -3.83. The van der Waals surface area contributed by atoms with Crippen LogP contribution in [0.4, 0.5) is 11.4 Å². The third kappa shape index (κ3) is 6.43. The van der Waals surface area contributed by atoms with Crippen LogP contribution in [0.5, 0.6) is 0 Å². The number of hydrogen-bond donors (Lipinski definition) is 2. The maximum absolute atomic E-state index is 13.3. The Kier molecular flexibility index (Phi) is 8.48. The van der Waals surface area contributed by atoms with Crippen molar-refractivity contribution < 1.29 is 14.4 Å². The van der Waals surface area contributed by atoms with Crippen LogP contribution in [0.2, 0.25) is 0 Å². The van der Waals surface area contributed by atoms with Crippen molar-refractivity contribution in [3.05, 3.63) is 70.2 Å². The Balaban J connectivity index is 1.33. The molecule has 0 spiro atoms. The van der Waals surface area contributed by atoms with Crippen molar-refractivity contribution in [2.24, 2.45) is 0 Å². The van der Waals surface area contributed by atoms with Crippen LogP contribution < -0.4 is 15.5 Å². The second-order valence-corrected chi connectivity index (χ2v) is 10.6. The Labute approximate surface area is 232 Å². The van der Waals surface area contributed by atoms with E-state index in [0.717, 1.165) is 42.3 Å². The number of nitrogens with zero attached hydrogens (tertiary/aromatic N) is 5. The molecule has 3 amide bonds. The average molecular weight is 548 g/mol. The largest absolute Gasteiger partial charge is 0.366 e. The maximum Gasteiger partial charge on any atom is 0.269 e.